The quantitative estimate of drug-likeness (QED) is 0.222. The molecule has 0 spiro atoms. The van der Waals surface area contributed by atoms with Gasteiger partial charge in [0.05, 0.1) is 0 Å². The van der Waals surface area contributed by atoms with E-state index < -0.39 is 0 Å². The second kappa shape index (κ2) is 20.3. The van der Waals surface area contributed by atoms with Crippen molar-refractivity contribution >= 4 is 0 Å². The van der Waals surface area contributed by atoms with Crippen LogP contribution in [0.1, 0.15) is 104 Å². The highest BCUT2D eigenvalue weighted by molar-refractivity contribution is 4.99. The molecule has 22 heavy (non-hydrogen) atoms. The lowest BCUT2D eigenvalue weighted by Crippen LogP contribution is -2.06. The molecule has 0 saturated heterocycles. The van der Waals surface area contributed by atoms with Crippen molar-refractivity contribution in [2.45, 2.75) is 104 Å². The smallest absolute Gasteiger partial charge is 0.0141 e. The highest BCUT2D eigenvalue weighted by atomic mass is 14.8. The summed E-state index contributed by atoms with van der Waals surface area (Å²) in [6.07, 6.45) is 28.2. The molecule has 0 saturated carbocycles. The van der Waals surface area contributed by atoms with E-state index >= 15 is 0 Å². The molecule has 0 radical (unpaired) electrons. The second-order valence-electron chi connectivity index (χ2n) is 6.44. The van der Waals surface area contributed by atoms with Crippen molar-refractivity contribution in [1.82, 2.24) is 5.32 Å². The number of hydrogen-bond donors (Lipinski definition) is 1. The lowest BCUT2D eigenvalue weighted by Gasteiger charge is -2.03. The topological polar surface area (TPSA) is 12.0 Å². The Labute approximate surface area is 140 Å². The third-order valence-electron chi connectivity index (χ3n) is 4.19. The van der Waals surface area contributed by atoms with Gasteiger partial charge in [-0.3, -0.25) is 0 Å². The van der Waals surface area contributed by atoms with Crippen LogP contribution >= 0.6 is 0 Å². The summed E-state index contributed by atoms with van der Waals surface area (Å²) in [5, 5.41) is 3.33. The molecule has 0 heterocycles. The van der Waals surface area contributed by atoms with E-state index in [0.29, 0.717) is 0 Å². The highest BCUT2D eigenvalue weighted by Gasteiger charge is 1.93. The maximum Gasteiger partial charge on any atom is 0.0141 e. The van der Waals surface area contributed by atoms with Gasteiger partial charge >= 0.3 is 0 Å². The Balaban J connectivity index is 2.99. The maximum absolute atomic E-state index is 3.33. The average molecular weight is 308 g/mol. The Hall–Kier alpha value is -0.720. The molecule has 1 heteroatoms. The first kappa shape index (κ1) is 21.3. The standard InChI is InChI=1S/C21H41N/c1-3-5-7-8-9-10-11-12-13-14-15-16-17-19-21-22-20-18-6-4-2/h4,6,18,20,22H,3,5,7-17,19,21H2,1-2H3/b6-4-,20-18-. The highest BCUT2D eigenvalue weighted by Crippen LogP contribution is 2.12. The predicted molar refractivity (Wildman–Crippen MR) is 102 cm³/mol. The van der Waals surface area contributed by atoms with E-state index in [-0.39, 0.29) is 0 Å². The molecule has 0 atom stereocenters. The third-order valence-corrected chi connectivity index (χ3v) is 4.19. The molecule has 0 aliphatic carbocycles. The molecule has 1 N–H and O–H groups in total. The van der Waals surface area contributed by atoms with E-state index in [9.17, 15) is 0 Å². The van der Waals surface area contributed by atoms with Gasteiger partial charge in [0.1, 0.15) is 0 Å². The first-order chi connectivity index (χ1) is 10.9. The van der Waals surface area contributed by atoms with Crippen molar-refractivity contribution in [1.29, 1.82) is 0 Å². The van der Waals surface area contributed by atoms with Crippen LogP contribution in [0.4, 0.5) is 0 Å². The molecule has 0 fully saturated rings. The van der Waals surface area contributed by atoms with Crippen molar-refractivity contribution in [2.75, 3.05) is 6.54 Å². The second-order valence-corrected chi connectivity index (χ2v) is 6.44. The minimum Gasteiger partial charge on any atom is -0.391 e. The molecular formula is C21H41N. The zero-order valence-electron chi connectivity index (χ0n) is 15.4. The van der Waals surface area contributed by atoms with Crippen LogP contribution in [0.2, 0.25) is 0 Å². The molecule has 0 unspecified atom stereocenters. The summed E-state index contributed by atoms with van der Waals surface area (Å²) >= 11 is 0. The molecule has 0 aromatic heterocycles. The van der Waals surface area contributed by atoms with Gasteiger partial charge in [0.2, 0.25) is 0 Å². The largest absolute Gasteiger partial charge is 0.391 e. The Morgan fingerprint density at radius 1 is 0.591 bits per heavy atom. The van der Waals surface area contributed by atoms with Crippen LogP contribution < -0.4 is 5.32 Å². The summed E-state index contributed by atoms with van der Waals surface area (Å²) in [7, 11) is 0. The number of nitrogens with one attached hydrogen (secondary N) is 1. The van der Waals surface area contributed by atoms with Crippen molar-refractivity contribution in [3.63, 3.8) is 0 Å². The zero-order valence-corrected chi connectivity index (χ0v) is 15.4. The monoisotopic (exact) mass is 307 g/mol. The molecule has 0 aromatic carbocycles. The molecule has 0 rings (SSSR count). The van der Waals surface area contributed by atoms with Crippen LogP contribution in [0, 0.1) is 0 Å². The molecule has 0 amide bonds. The fourth-order valence-corrected chi connectivity index (χ4v) is 2.74. The first-order valence-corrected chi connectivity index (χ1v) is 9.93. The van der Waals surface area contributed by atoms with E-state index in [1.54, 1.807) is 0 Å². The molecule has 0 aliphatic rings. The van der Waals surface area contributed by atoms with Crippen LogP contribution in [0.5, 0.6) is 0 Å². The molecule has 0 aromatic rings. The van der Waals surface area contributed by atoms with Gasteiger partial charge in [0, 0.05) is 6.54 Å². The van der Waals surface area contributed by atoms with Gasteiger partial charge in [-0.15, -0.1) is 0 Å². The molecular weight excluding hydrogens is 266 g/mol. The first-order valence-electron chi connectivity index (χ1n) is 9.93. The number of unbranched alkanes of at least 4 members (excludes halogenated alkanes) is 13. The molecule has 130 valence electrons. The van der Waals surface area contributed by atoms with Gasteiger partial charge in [-0.25, -0.2) is 0 Å². The lowest BCUT2D eigenvalue weighted by atomic mass is 10.0. The van der Waals surface area contributed by atoms with E-state index in [1.165, 1.54) is 89.9 Å². The van der Waals surface area contributed by atoms with Crippen molar-refractivity contribution in [3.8, 4) is 0 Å². The van der Waals surface area contributed by atoms with Crippen LogP contribution in [-0.4, -0.2) is 6.54 Å². The lowest BCUT2D eigenvalue weighted by molar-refractivity contribution is 0.534. The summed E-state index contributed by atoms with van der Waals surface area (Å²) in [6, 6.07) is 0. The van der Waals surface area contributed by atoms with Crippen molar-refractivity contribution in [3.05, 3.63) is 24.4 Å². The Bertz CT molecular complexity index is 242. The minimum atomic E-state index is 1.12. The summed E-state index contributed by atoms with van der Waals surface area (Å²) in [5.41, 5.74) is 0. The van der Waals surface area contributed by atoms with Gasteiger partial charge < -0.3 is 5.32 Å². The average Bonchev–Trinajstić information content (AvgIpc) is 2.54. The predicted octanol–water partition coefficient (Wildman–Crippen LogP) is 7.15. The minimum absolute atomic E-state index is 1.12. The fraction of sp³-hybridized carbons (Fsp3) is 0.810. The van der Waals surface area contributed by atoms with Crippen LogP contribution in [0.15, 0.2) is 24.4 Å². The van der Waals surface area contributed by atoms with Crippen LogP contribution in [0.3, 0.4) is 0 Å². The maximum atomic E-state index is 3.33. The Morgan fingerprint density at radius 2 is 1.05 bits per heavy atom. The van der Waals surface area contributed by atoms with Gasteiger partial charge in [0.15, 0.2) is 0 Å². The third kappa shape index (κ3) is 19.3. The number of allylic oxidation sites excluding steroid dienone is 3. The summed E-state index contributed by atoms with van der Waals surface area (Å²) in [5.74, 6) is 0. The number of hydrogen-bond acceptors (Lipinski definition) is 1. The van der Waals surface area contributed by atoms with Crippen LogP contribution in [0.25, 0.3) is 0 Å². The Kier molecular flexibility index (Phi) is 19.6. The molecule has 0 bridgehead atoms. The van der Waals surface area contributed by atoms with Crippen molar-refractivity contribution < 1.29 is 0 Å². The number of rotatable bonds is 17. The Morgan fingerprint density at radius 3 is 1.50 bits per heavy atom. The van der Waals surface area contributed by atoms with E-state index in [0.717, 1.165) is 6.54 Å². The van der Waals surface area contributed by atoms with Crippen LogP contribution in [-0.2, 0) is 0 Å². The van der Waals surface area contributed by atoms with E-state index in [1.807, 2.05) is 19.2 Å². The SMILES string of the molecule is C/C=C\C=C/NCCCCCCCCCCCCCCCC. The van der Waals surface area contributed by atoms with Gasteiger partial charge in [-0.2, -0.15) is 0 Å². The fourth-order valence-electron chi connectivity index (χ4n) is 2.74. The summed E-state index contributed by atoms with van der Waals surface area (Å²) < 4.78 is 0. The van der Waals surface area contributed by atoms with Gasteiger partial charge in [-0.1, -0.05) is 103 Å². The summed E-state index contributed by atoms with van der Waals surface area (Å²) in [6.45, 7) is 5.45. The van der Waals surface area contributed by atoms with E-state index in [2.05, 4.69) is 24.4 Å². The summed E-state index contributed by atoms with van der Waals surface area (Å²) in [4.78, 5) is 0. The van der Waals surface area contributed by atoms with Gasteiger partial charge in [0.25, 0.3) is 0 Å². The molecule has 1 nitrogen and oxygen atoms in total. The van der Waals surface area contributed by atoms with E-state index in [4.69, 9.17) is 0 Å². The zero-order chi connectivity index (χ0) is 16.1. The van der Waals surface area contributed by atoms with Gasteiger partial charge in [-0.05, 0) is 25.6 Å². The normalized spacial score (nSPS) is 11.7. The molecule has 0 aliphatic heterocycles. The van der Waals surface area contributed by atoms with Crippen molar-refractivity contribution in [2.24, 2.45) is 0 Å².